The average Bonchev–Trinajstić information content (AvgIpc) is 2.56. The van der Waals surface area contributed by atoms with E-state index >= 15 is 0 Å². The first kappa shape index (κ1) is 15.9. The monoisotopic (exact) mass is 328 g/mol. The zero-order valence-corrected chi connectivity index (χ0v) is 13.8. The summed E-state index contributed by atoms with van der Waals surface area (Å²) in [6, 6.07) is 11.4. The molecular formula is C18H19ClN3O. The van der Waals surface area contributed by atoms with Crippen molar-refractivity contribution in [1.29, 1.82) is 0 Å². The van der Waals surface area contributed by atoms with Gasteiger partial charge in [-0.25, -0.2) is 0 Å². The predicted molar refractivity (Wildman–Crippen MR) is 90.2 cm³/mol. The number of halogens is 1. The molecule has 1 heterocycles. The molecule has 1 aliphatic rings. The molecule has 1 aromatic heterocycles. The molecule has 0 aliphatic heterocycles. The van der Waals surface area contributed by atoms with E-state index in [-0.39, 0.29) is 11.4 Å². The highest BCUT2D eigenvalue weighted by atomic mass is 35.5. The number of nitrogens with one attached hydrogen (secondary N) is 1. The zero-order valence-electron chi connectivity index (χ0n) is 13.1. The molecule has 1 fully saturated rings. The van der Waals surface area contributed by atoms with E-state index in [1.807, 2.05) is 18.2 Å². The lowest BCUT2D eigenvalue weighted by molar-refractivity contribution is 0.0881. The number of carbonyl (C=O) groups is 1. The van der Waals surface area contributed by atoms with Crippen molar-refractivity contribution in [3.8, 4) is 0 Å². The first-order valence-electron chi connectivity index (χ1n) is 7.77. The number of hydrogen-bond acceptors (Lipinski definition) is 3. The highest BCUT2D eigenvalue weighted by Gasteiger charge is 2.33. The van der Waals surface area contributed by atoms with Crippen LogP contribution in [-0.2, 0) is 0 Å². The molecule has 119 valence electrons. The molecule has 0 bridgehead atoms. The van der Waals surface area contributed by atoms with Crippen LogP contribution in [-0.4, -0.2) is 21.6 Å². The minimum Gasteiger partial charge on any atom is -0.345 e. The molecule has 0 unspecified atom stereocenters. The van der Waals surface area contributed by atoms with Crippen molar-refractivity contribution < 1.29 is 4.79 Å². The molecule has 1 aliphatic carbocycles. The van der Waals surface area contributed by atoms with Crippen molar-refractivity contribution in [2.45, 2.75) is 38.1 Å². The number of amides is 1. The Bertz CT molecular complexity index is 682. The van der Waals surface area contributed by atoms with E-state index in [0.29, 0.717) is 5.69 Å². The topological polar surface area (TPSA) is 54.9 Å². The summed E-state index contributed by atoms with van der Waals surface area (Å²) in [5, 5.41) is 11.5. The Kier molecular flexibility index (Phi) is 4.62. The molecular weight excluding hydrogens is 310 g/mol. The van der Waals surface area contributed by atoms with Gasteiger partial charge in [-0.05, 0) is 62.4 Å². The van der Waals surface area contributed by atoms with Crippen molar-refractivity contribution >= 4 is 17.5 Å². The van der Waals surface area contributed by atoms with Crippen LogP contribution in [0.4, 0.5) is 0 Å². The van der Waals surface area contributed by atoms with E-state index < -0.39 is 0 Å². The van der Waals surface area contributed by atoms with Gasteiger partial charge in [-0.2, -0.15) is 5.10 Å². The molecule has 3 rings (SSSR count). The fourth-order valence-corrected chi connectivity index (χ4v) is 3.18. The number of rotatable bonds is 3. The van der Waals surface area contributed by atoms with Gasteiger partial charge in [0, 0.05) is 22.7 Å². The maximum absolute atomic E-state index is 12.3. The molecule has 1 N–H and O–H groups in total. The van der Waals surface area contributed by atoms with E-state index in [1.165, 1.54) is 11.5 Å². The summed E-state index contributed by atoms with van der Waals surface area (Å²) < 4.78 is 0. The van der Waals surface area contributed by atoms with Crippen LogP contribution in [0, 0.1) is 5.92 Å². The molecule has 0 spiro atoms. The smallest absolute Gasteiger partial charge is 0.272 e. The van der Waals surface area contributed by atoms with Crippen LogP contribution in [0.25, 0.3) is 0 Å². The Morgan fingerprint density at radius 1 is 1.22 bits per heavy atom. The Hall–Kier alpha value is -1.94. The van der Waals surface area contributed by atoms with Gasteiger partial charge < -0.3 is 5.32 Å². The Morgan fingerprint density at radius 3 is 2.65 bits per heavy atom. The van der Waals surface area contributed by atoms with Gasteiger partial charge in [0.15, 0.2) is 5.69 Å². The first-order chi connectivity index (χ1) is 11.1. The Labute approximate surface area is 141 Å². The molecule has 2 aromatic rings. The third-order valence-corrected chi connectivity index (χ3v) is 4.65. The minimum atomic E-state index is -0.212. The first-order valence-corrected chi connectivity index (χ1v) is 8.14. The Morgan fingerprint density at radius 2 is 2.00 bits per heavy atom. The van der Waals surface area contributed by atoms with Crippen LogP contribution >= 0.6 is 11.6 Å². The SMILES string of the molecule is CC1(NC(=O)c2cccnn2)CC[C](c2cccc(Cl)c2)CC1. The largest absolute Gasteiger partial charge is 0.345 e. The van der Waals surface area contributed by atoms with Gasteiger partial charge in [0.2, 0.25) is 0 Å². The second-order valence-corrected chi connectivity index (χ2v) is 6.67. The maximum Gasteiger partial charge on any atom is 0.272 e. The summed E-state index contributed by atoms with van der Waals surface area (Å²) in [5.74, 6) is 1.24. The standard InChI is InChI=1S/C18H19ClN3O/c1-18(21-17(23)16-6-3-11-20-22-16)9-7-13(8-10-18)14-4-2-5-15(19)12-14/h2-6,11-12H,7-10H2,1H3,(H,21,23). The van der Waals surface area contributed by atoms with Gasteiger partial charge in [0.1, 0.15) is 0 Å². The molecule has 1 amide bonds. The van der Waals surface area contributed by atoms with Crippen molar-refractivity contribution in [3.05, 3.63) is 64.8 Å². The van der Waals surface area contributed by atoms with Crippen LogP contribution in [0.5, 0.6) is 0 Å². The normalized spacial score (nSPS) is 17.7. The van der Waals surface area contributed by atoms with Gasteiger partial charge in [0.05, 0.1) is 0 Å². The highest BCUT2D eigenvalue weighted by molar-refractivity contribution is 6.30. The second kappa shape index (κ2) is 6.67. The predicted octanol–water partition coefficient (Wildman–Crippen LogP) is 3.82. The zero-order chi connectivity index (χ0) is 16.3. The van der Waals surface area contributed by atoms with Crippen LogP contribution in [0.1, 0.15) is 48.7 Å². The molecule has 1 aromatic carbocycles. The summed E-state index contributed by atoms with van der Waals surface area (Å²) in [4.78, 5) is 12.3. The molecule has 5 heteroatoms. The van der Waals surface area contributed by atoms with Crippen molar-refractivity contribution in [3.63, 3.8) is 0 Å². The van der Waals surface area contributed by atoms with Crippen molar-refractivity contribution in [2.24, 2.45) is 0 Å². The highest BCUT2D eigenvalue weighted by Crippen LogP contribution is 2.37. The average molecular weight is 329 g/mol. The molecule has 23 heavy (non-hydrogen) atoms. The number of hydrogen-bond donors (Lipinski definition) is 1. The summed E-state index contributed by atoms with van der Waals surface area (Å²) >= 11 is 6.07. The van der Waals surface area contributed by atoms with E-state index in [0.717, 1.165) is 30.7 Å². The van der Waals surface area contributed by atoms with Crippen molar-refractivity contribution in [1.82, 2.24) is 15.5 Å². The molecule has 4 nitrogen and oxygen atoms in total. The van der Waals surface area contributed by atoms with Crippen LogP contribution in [0.15, 0.2) is 42.6 Å². The van der Waals surface area contributed by atoms with Crippen molar-refractivity contribution in [2.75, 3.05) is 0 Å². The maximum atomic E-state index is 12.3. The molecule has 1 radical (unpaired) electrons. The second-order valence-electron chi connectivity index (χ2n) is 6.24. The van der Waals surface area contributed by atoms with Gasteiger partial charge in [-0.1, -0.05) is 23.7 Å². The Balaban J connectivity index is 1.62. The third kappa shape index (κ3) is 3.88. The lowest BCUT2D eigenvalue weighted by atomic mass is 9.75. The fraction of sp³-hybridized carbons (Fsp3) is 0.333. The number of carbonyl (C=O) groups excluding carboxylic acids is 1. The van der Waals surface area contributed by atoms with E-state index in [9.17, 15) is 4.79 Å². The summed E-state index contributed by atoms with van der Waals surface area (Å²) in [5.41, 5.74) is 1.36. The number of aromatic nitrogens is 2. The molecule has 1 saturated carbocycles. The lowest BCUT2D eigenvalue weighted by Gasteiger charge is -2.38. The third-order valence-electron chi connectivity index (χ3n) is 4.41. The van der Waals surface area contributed by atoms with E-state index in [2.05, 4.69) is 28.5 Å². The quantitative estimate of drug-likeness (QED) is 0.932. The molecule has 0 saturated heterocycles. The van der Waals surface area contributed by atoms with Gasteiger partial charge >= 0.3 is 0 Å². The van der Waals surface area contributed by atoms with Gasteiger partial charge in [-0.3, -0.25) is 4.79 Å². The summed E-state index contributed by atoms with van der Waals surface area (Å²) in [7, 11) is 0. The molecule has 0 atom stereocenters. The number of nitrogens with zero attached hydrogens (tertiary/aromatic N) is 2. The summed E-state index contributed by atoms with van der Waals surface area (Å²) in [6.07, 6.45) is 5.28. The summed E-state index contributed by atoms with van der Waals surface area (Å²) in [6.45, 7) is 2.09. The number of benzene rings is 1. The van der Waals surface area contributed by atoms with E-state index in [1.54, 1.807) is 18.3 Å². The fourth-order valence-electron chi connectivity index (χ4n) is 2.99. The van der Waals surface area contributed by atoms with E-state index in [4.69, 9.17) is 11.6 Å². The van der Waals surface area contributed by atoms with Crippen LogP contribution in [0.3, 0.4) is 0 Å². The minimum absolute atomic E-state index is 0.160. The van der Waals surface area contributed by atoms with Gasteiger partial charge in [0.25, 0.3) is 5.91 Å². The van der Waals surface area contributed by atoms with Gasteiger partial charge in [-0.15, -0.1) is 5.10 Å². The van der Waals surface area contributed by atoms with Crippen LogP contribution in [0.2, 0.25) is 5.02 Å². The van der Waals surface area contributed by atoms with Crippen LogP contribution < -0.4 is 5.32 Å². The lowest BCUT2D eigenvalue weighted by Crippen LogP contribution is -2.48.